The third-order valence-electron chi connectivity index (χ3n) is 0.957. The van der Waals surface area contributed by atoms with Crippen molar-refractivity contribution in [2.24, 2.45) is 0 Å². The summed E-state index contributed by atoms with van der Waals surface area (Å²) < 4.78 is 0. The molecule has 2 heteroatoms. The Bertz CT molecular complexity index is 61.1. The van der Waals surface area contributed by atoms with E-state index in [1.165, 1.54) is 18.9 Å². The molecule has 0 aliphatic carbocycles. The van der Waals surface area contributed by atoms with E-state index in [9.17, 15) is 0 Å². The zero-order chi connectivity index (χ0) is 5.70. The normalized spacial score (nSPS) is 8.71. The maximum atomic E-state index is 3.98. The van der Waals surface area contributed by atoms with Gasteiger partial charge in [0, 0.05) is 0 Å². The Balaban J connectivity index is 2.82. The van der Waals surface area contributed by atoms with Gasteiger partial charge >= 0.3 is 47.7 Å². The van der Waals surface area contributed by atoms with Crippen LogP contribution in [0, 0.1) is 0 Å². The topological polar surface area (TPSA) is 0 Å². The van der Waals surface area contributed by atoms with Gasteiger partial charge in [0.15, 0.2) is 0 Å². The molecule has 0 nitrogen and oxygen atoms in total. The summed E-state index contributed by atoms with van der Waals surface area (Å²) in [6.07, 6.45) is 2.71. The third-order valence-corrected chi connectivity index (χ3v) is 2.16. The van der Waals surface area contributed by atoms with Crippen LogP contribution in [0.15, 0.2) is 0 Å². The van der Waals surface area contributed by atoms with E-state index in [0.717, 1.165) is 0 Å². The van der Waals surface area contributed by atoms with Gasteiger partial charge in [-0.2, -0.15) is 0 Å². The zero-order valence-electron chi connectivity index (χ0n) is 5.33. The van der Waals surface area contributed by atoms with Crippen LogP contribution in [0.25, 0.3) is 0 Å². The van der Waals surface area contributed by atoms with Crippen molar-refractivity contribution in [1.29, 1.82) is 0 Å². The van der Waals surface area contributed by atoms with Crippen molar-refractivity contribution in [3.8, 4) is 0 Å². The molecule has 0 bridgehead atoms. The van der Waals surface area contributed by atoms with Crippen molar-refractivity contribution in [1.82, 2.24) is 0 Å². The van der Waals surface area contributed by atoms with Gasteiger partial charge in [-0.1, -0.05) is 0 Å². The second-order valence-electron chi connectivity index (χ2n) is 2.06. The van der Waals surface area contributed by atoms with E-state index in [1.807, 2.05) is 0 Å². The van der Waals surface area contributed by atoms with Crippen LogP contribution in [-0.2, 0) is 0 Å². The second kappa shape index (κ2) is 4.44. The van der Waals surface area contributed by atoms with E-state index in [2.05, 4.69) is 20.5 Å². The van der Waals surface area contributed by atoms with Crippen LogP contribution in [-0.4, -0.2) is 15.3 Å². The van der Waals surface area contributed by atoms with Gasteiger partial charge in [0.2, 0.25) is 0 Å². The van der Waals surface area contributed by atoms with E-state index >= 15 is 0 Å². The molecule has 0 atom stereocenters. The summed E-state index contributed by atoms with van der Waals surface area (Å²) in [6, 6.07) is 1.39. The Hall–Kier alpha value is 0.282. The summed E-state index contributed by atoms with van der Waals surface area (Å²) in [4.78, 5) is 0. The third kappa shape index (κ3) is 6.28. The molecule has 0 heterocycles. The number of hydrogen-bond donors (Lipinski definition) is 0. The molecule has 0 aliphatic rings. The van der Waals surface area contributed by atoms with Crippen LogP contribution in [0.3, 0.4) is 0 Å². The van der Waals surface area contributed by atoms with Crippen molar-refractivity contribution in [2.75, 3.05) is 0 Å². The Labute approximate surface area is 48.5 Å². The number of unbranched alkanes of at least 4 members (excludes halogenated alkanes) is 1. The summed E-state index contributed by atoms with van der Waals surface area (Å²) in [5.74, 6) is 0. The first-order valence-corrected chi connectivity index (χ1v) is 5.33. The summed E-state index contributed by atoms with van der Waals surface area (Å²) >= 11 is 0. The molecule has 0 amide bonds. The SMILES string of the molecule is B=[Si](C)CCCC. The minimum atomic E-state index is -0.147. The van der Waals surface area contributed by atoms with E-state index < -0.39 is 0 Å². The molecule has 7 heavy (non-hydrogen) atoms. The van der Waals surface area contributed by atoms with Crippen molar-refractivity contribution >= 4 is 15.3 Å². The van der Waals surface area contributed by atoms with Crippen LogP contribution < -0.4 is 0 Å². The predicted molar refractivity (Wildman–Crippen MR) is 38.5 cm³/mol. The summed E-state index contributed by atoms with van der Waals surface area (Å²) in [7, 11) is 3.83. The van der Waals surface area contributed by atoms with Gasteiger partial charge in [0.1, 0.15) is 0 Å². The summed E-state index contributed by atoms with van der Waals surface area (Å²) in [5.41, 5.74) is 0. The Morgan fingerprint density at radius 2 is 2.14 bits per heavy atom. The molecule has 0 aromatic carbocycles. The van der Waals surface area contributed by atoms with Crippen LogP contribution >= 0.6 is 0 Å². The molecule has 0 radical (unpaired) electrons. The molecule has 0 aromatic rings. The van der Waals surface area contributed by atoms with Crippen LogP contribution in [0.4, 0.5) is 0 Å². The Morgan fingerprint density at radius 1 is 1.57 bits per heavy atom. The minimum absolute atomic E-state index is 0.147. The fraction of sp³-hybridized carbons (Fsp3) is 1.00. The van der Waals surface area contributed by atoms with E-state index in [0.29, 0.717) is 0 Å². The average molecular weight is 112 g/mol. The molecule has 0 unspecified atom stereocenters. The second-order valence-corrected chi connectivity index (χ2v) is 4.47. The molecule has 0 saturated carbocycles. The average Bonchev–Trinajstić information content (AvgIpc) is 1.61. The van der Waals surface area contributed by atoms with Gasteiger partial charge in [-0.3, -0.25) is 0 Å². The Morgan fingerprint density at radius 3 is 2.29 bits per heavy atom. The summed E-state index contributed by atoms with van der Waals surface area (Å²) in [6.45, 7) is 4.49. The maximum absolute atomic E-state index is 3.98. The molecule has 0 N–H and O–H groups in total. The first-order valence-electron chi connectivity index (χ1n) is 2.91. The van der Waals surface area contributed by atoms with Crippen molar-refractivity contribution in [3.63, 3.8) is 0 Å². The van der Waals surface area contributed by atoms with Gasteiger partial charge in [-0.25, -0.2) is 0 Å². The van der Waals surface area contributed by atoms with E-state index in [4.69, 9.17) is 0 Å². The van der Waals surface area contributed by atoms with Crippen LogP contribution in [0.5, 0.6) is 0 Å². The number of hydrogen-bond acceptors (Lipinski definition) is 0. The fourth-order valence-corrected chi connectivity index (χ4v) is 1.44. The summed E-state index contributed by atoms with van der Waals surface area (Å²) in [5, 5.41) is 0. The van der Waals surface area contributed by atoms with Gasteiger partial charge in [0.05, 0.1) is 0 Å². The molecule has 0 fully saturated rings. The van der Waals surface area contributed by atoms with E-state index in [-0.39, 0.29) is 8.27 Å². The number of rotatable bonds is 3. The van der Waals surface area contributed by atoms with Crippen molar-refractivity contribution < 1.29 is 0 Å². The predicted octanol–water partition coefficient (Wildman–Crippen LogP) is 1.31. The zero-order valence-corrected chi connectivity index (χ0v) is 6.33. The molecule has 0 spiro atoms. The van der Waals surface area contributed by atoms with E-state index in [1.54, 1.807) is 0 Å². The van der Waals surface area contributed by atoms with Gasteiger partial charge in [-0.15, -0.1) is 0 Å². The van der Waals surface area contributed by atoms with Crippen molar-refractivity contribution in [3.05, 3.63) is 0 Å². The molecule has 40 valence electrons. The van der Waals surface area contributed by atoms with Crippen LogP contribution in [0.2, 0.25) is 12.6 Å². The van der Waals surface area contributed by atoms with Gasteiger partial charge in [-0.05, 0) is 0 Å². The molecule has 0 aliphatic heterocycles. The molecule has 0 saturated heterocycles. The molecular weight excluding hydrogens is 99.0 g/mol. The molecule has 0 aromatic heterocycles. The first kappa shape index (κ1) is 7.28. The van der Waals surface area contributed by atoms with Gasteiger partial charge < -0.3 is 0 Å². The van der Waals surface area contributed by atoms with Gasteiger partial charge in [0.25, 0.3) is 0 Å². The monoisotopic (exact) mass is 112 g/mol. The standard InChI is InChI=1S/C5H13BSi/c1-3-4-5-7(2)6/h6H,3-5H2,1-2H3. The van der Waals surface area contributed by atoms with Crippen molar-refractivity contribution in [2.45, 2.75) is 32.4 Å². The first-order chi connectivity index (χ1) is 3.27. The molecule has 0 rings (SSSR count). The quantitative estimate of drug-likeness (QED) is 0.483. The van der Waals surface area contributed by atoms with Crippen LogP contribution in [0.1, 0.15) is 19.8 Å². The fourth-order valence-electron chi connectivity index (χ4n) is 0.479. The molecular formula is C5H13BSi. The Kier molecular flexibility index (Phi) is 4.62.